The number of amides is 1. The van der Waals surface area contributed by atoms with Crippen molar-refractivity contribution < 1.29 is 9.53 Å². The summed E-state index contributed by atoms with van der Waals surface area (Å²) in [6.45, 7) is 2.93. The van der Waals surface area contributed by atoms with Crippen LogP contribution in [0.1, 0.15) is 13.3 Å². The molecule has 0 aromatic carbocycles. The van der Waals surface area contributed by atoms with Crippen LogP contribution in [0.15, 0.2) is 18.2 Å². The van der Waals surface area contributed by atoms with Gasteiger partial charge < -0.3 is 15.4 Å². The number of rotatable bonds is 6. The maximum absolute atomic E-state index is 11.3. The van der Waals surface area contributed by atoms with Gasteiger partial charge in [0, 0.05) is 12.6 Å². The van der Waals surface area contributed by atoms with E-state index in [2.05, 4.69) is 15.6 Å². The molecule has 5 heteroatoms. The van der Waals surface area contributed by atoms with Crippen LogP contribution in [0.4, 0.5) is 5.82 Å². The monoisotopic (exact) mass is 223 g/mol. The van der Waals surface area contributed by atoms with Gasteiger partial charge in [-0.15, -0.1) is 0 Å². The van der Waals surface area contributed by atoms with Gasteiger partial charge in [0.1, 0.15) is 5.82 Å². The van der Waals surface area contributed by atoms with Gasteiger partial charge in [0.25, 0.3) is 0 Å². The quantitative estimate of drug-likeness (QED) is 0.756. The van der Waals surface area contributed by atoms with E-state index in [1.54, 1.807) is 19.2 Å². The summed E-state index contributed by atoms with van der Waals surface area (Å²) in [5.74, 6) is 1.12. The second-order valence-electron chi connectivity index (χ2n) is 3.27. The Morgan fingerprint density at radius 3 is 3.00 bits per heavy atom. The highest BCUT2D eigenvalue weighted by molar-refractivity contribution is 5.80. The zero-order valence-corrected chi connectivity index (χ0v) is 9.62. The van der Waals surface area contributed by atoms with Crippen molar-refractivity contribution in [3.63, 3.8) is 0 Å². The van der Waals surface area contributed by atoms with Crippen LogP contribution in [0.5, 0.6) is 5.88 Å². The van der Waals surface area contributed by atoms with Crippen LogP contribution in [0, 0.1) is 0 Å². The van der Waals surface area contributed by atoms with Gasteiger partial charge in [0.2, 0.25) is 11.8 Å². The summed E-state index contributed by atoms with van der Waals surface area (Å²) >= 11 is 0. The number of hydrogen-bond donors (Lipinski definition) is 2. The summed E-state index contributed by atoms with van der Waals surface area (Å²) < 4.78 is 4.97. The van der Waals surface area contributed by atoms with E-state index in [0.29, 0.717) is 18.2 Å². The Hall–Kier alpha value is -1.78. The molecule has 1 heterocycles. The Morgan fingerprint density at radius 1 is 1.50 bits per heavy atom. The third kappa shape index (κ3) is 4.16. The van der Waals surface area contributed by atoms with Crippen molar-refractivity contribution in [1.29, 1.82) is 0 Å². The zero-order valence-electron chi connectivity index (χ0n) is 9.62. The summed E-state index contributed by atoms with van der Waals surface area (Å²) in [4.78, 5) is 15.4. The molecule has 88 valence electrons. The molecule has 1 amide bonds. The number of hydrogen-bond acceptors (Lipinski definition) is 4. The van der Waals surface area contributed by atoms with Crippen LogP contribution in [-0.2, 0) is 4.79 Å². The zero-order chi connectivity index (χ0) is 11.8. The van der Waals surface area contributed by atoms with Crippen molar-refractivity contribution in [2.75, 3.05) is 25.5 Å². The van der Waals surface area contributed by atoms with Crippen molar-refractivity contribution in [2.45, 2.75) is 13.3 Å². The molecule has 1 rings (SSSR count). The molecule has 0 atom stereocenters. The number of methoxy groups -OCH3 is 1. The fourth-order valence-electron chi connectivity index (χ4n) is 1.12. The van der Waals surface area contributed by atoms with Gasteiger partial charge in [-0.2, -0.15) is 4.98 Å². The Bertz CT molecular complexity index is 342. The van der Waals surface area contributed by atoms with Gasteiger partial charge in [-0.05, 0) is 12.5 Å². The van der Waals surface area contributed by atoms with Crippen molar-refractivity contribution in [3.05, 3.63) is 18.2 Å². The molecule has 1 aromatic rings. The molecule has 5 nitrogen and oxygen atoms in total. The highest BCUT2D eigenvalue weighted by atomic mass is 16.5. The predicted molar refractivity (Wildman–Crippen MR) is 62.6 cm³/mol. The molecule has 0 saturated carbocycles. The van der Waals surface area contributed by atoms with Crippen molar-refractivity contribution in [2.24, 2.45) is 0 Å². The van der Waals surface area contributed by atoms with Crippen LogP contribution in [0.3, 0.4) is 0 Å². The minimum absolute atomic E-state index is 0.0357. The number of aromatic nitrogens is 1. The van der Waals surface area contributed by atoms with E-state index in [9.17, 15) is 4.79 Å². The number of carbonyl (C=O) groups excluding carboxylic acids is 1. The number of pyridine rings is 1. The lowest BCUT2D eigenvalue weighted by Gasteiger charge is -2.07. The molecule has 0 bridgehead atoms. The van der Waals surface area contributed by atoms with E-state index in [-0.39, 0.29) is 12.5 Å². The van der Waals surface area contributed by atoms with Crippen molar-refractivity contribution in [3.8, 4) is 5.88 Å². The molecule has 0 radical (unpaired) electrons. The highest BCUT2D eigenvalue weighted by Gasteiger charge is 2.01. The Kier molecular flexibility index (Phi) is 5.11. The van der Waals surface area contributed by atoms with Crippen LogP contribution in [0.25, 0.3) is 0 Å². The average molecular weight is 223 g/mol. The lowest BCUT2D eigenvalue weighted by Crippen LogP contribution is -2.30. The molecular formula is C11H17N3O2. The number of nitrogens with one attached hydrogen (secondary N) is 2. The average Bonchev–Trinajstić information content (AvgIpc) is 2.34. The Morgan fingerprint density at radius 2 is 2.31 bits per heavy atom. The number of ether oxygens (including phenoxy) is 1. The maximum atomic E-state index is 11.3. The molecule has 0 fully saturated rings. The first-order valence-electron chi connectivity index (χ1n) is 5.28. The third-order valence-electron chi connectivity index (χ3n) is 1.93. The molecule has 0 aliphatic rings. The smallest absolute Gasteiger partial charge is 0.239 e. The fourth-order valence-corrected chi connectivity index (χ4v) is 1.12. The first kappa shape index (κ1) is 12.3. The van der Waals surface area contributed by atoms with E-state index >= 15 is 0 Å². The minimum atomic E-state index is -0.0357. The number of carbonyl (C=O) groups is 1. The molecule has 0 aliphatic carbocycles. The molecule has 16 heavy (non-hydrogen) atoms. The molecule has 0 unspecified atom stereocenters. The van der Waals surface area contributed by atoms with E-state index in [4.69, 9.17) is 4.74 Å². The third-order valence-corrected chi connectivity index (χ3v) is 1.93. The van der Waals surface area contributed by atoms with Gasteiger partial charge >= 0.3 is 0 Å². The summed E-state index contributed by atoms with van der Waals surface area (Å²) in [6, 6.07) is 5.36. The second kappa shape index (κ2) is 6.66. The summed E-state index contributed by atoms with van der Waals surface area (Å²) in [5, 5.41) is 5.70. The normalized spacial score (nSPS) is 9.62. The Labute approximate surface area is 95.2 Å². The van der Waals surface area contributed by atoms with Crippen molar-refractivity contribution in [1.82, 2.24) is 10.3 Å². The lowest BCUT2D eigenvalue weighted by atomic mass is 10.4. The first-order valence-corrected chi connectivity index (χ1v) is 5.28. The fraction of sp³-hybridized carbons (Fsp3) is 0.455. The molecular weight excluding hydrogens is 206 g/mol. The Balaban J connectivity index is 2.38. The van der Waals surface area contributed by atoms with Gasteiger partial charge in [-0.1, -0.05) is 13.0 Å². The number of nitrogens with zero attached hydrogens (tertiary/aromatic N) is 1. The molecule has 1 aromatic heterocycles. The highest BCUT2D eigenvalue weighted by Crippen LogP contribution is 2.09. The van der Waals surface area contributed by atoms with E-state index in [0.717, 1.165) is 6.42 Å². The SMILES string of the molecule is CCCNC(=O)CNc1cccc(OC)n1. The standard InChI is InChI=1S/C11H17N3O2/c1-3-7-12-10(15)8-13-9-5-4-6-11(14-9)16-2/h4-6H,3,7-8H2,1-2H3,(H,12,15)(H,13,14). The first-order chi connectivity index (χ1) is 7.76. The summed E-state index contributed by atoms with van der Waals surface area (Å²) in [6.07, 6.45) is 0.934. The predicted octanol–water partition coefficient (Wildman–Crippen LogP) is 1.03. The van der Waals surface area contributed by atoms with E-state index in [1.165, 1.54) is 0 Å². The van der Waals surface area contributed by atoms with Crippen LogP contribution in [0.2, 0.25) is 0 Å². The molecule has 0 saturated heterocycles. The van der Waals surface area contributed by atoms with E-state index < -0.39 is 0 Å². The molecule has 0 aliphatic heterocycles. The second-order valence-corrected chi connectivity index (χ2v) is 3.27. The van der Waals surface area contributed by atoms with Crippen LogP contribution in [-0.4, -0.2) is 31.1 Å². The molecule has 0 spiro atoms. The molecule has 2 N–H and O–H groups in total. The van der Waals surface area contributed by atoms with E-state index in [1.807, 2.05) is 13.0 Å². The lowest BCUT2D eigenvalue weighted by molar-refractivity contribution is -0.119. The van der Waals surface area contributed by atoms with Crippen LogP contribution >= 0.6 is 0 Å². The van der Waals surface area contributed by atoms with Crippen LogP contribution < -0.4 is 15.4 Å². The van der Waals surface area contributed by atoms with Gasteiger partial charge in [-0.3, -0.25) is 4.79 Å². The summed E-state index contributed by atoms with van der Waals surface area (Å²) in [5.41, 5.74) is 0. The van der Waals surface area contributed by atoms with Crippen molar-refractivity contribution >= 4 is 11.7 Å². The largest absolute Gasteiger partial charge is 0.481 e. The van der Waals surface area contributed by atoms with Gasteiger partial charge in [0.05, 0.1) is 13.7 Å². The maximum Gasteiger partial charge on any atom is 0.239 e. The summed E-state index contributed by atoms with van der Waals surface area (Å²) in [7, 11) is 1.56. The number of anilines is 1. The van der Waals surface area contributed by atoms with Gasteiger partial charge in [-0.25, -0.2) is 0 Å². The van der Waals surface area contributed by atoms with Gasteiger partial charge in [0.15, 0.2) is 0 Å². The minimum Gasteiger partial charge on any atom is -0.481 e. The topological polar surface area (TPSA) is 63.2 Å².